The van der Waals surface area contributed by atoms with Gasteiger partial charge in [0.05, 0.1) is 24.4 Å². The van der Waals surface area contributed by atoms with Crippen molar-refractivity contribution < 1.29 is 14.3 Å². The van der Waals surface area contributed by atoms with Crippen LogP contribution in [-0.2, 0) is 20.7 Å². The van der Waals surface area contributed by atoms with Crippen molar-refractivity contribution in [1.82, 2.24) is 9.88 Å². The monoisotopic (exact) mass is 337 g/mol. The number of aromatic nitrogens is 1. The average molecular weight is 337 g/mol. The molecule has 1 aromatic heterocycles. The summed E-state index contributed by atoms with van der Waals surface area (Å²) in [5.41, 5.74) is 2.42. The fraction of sp³-hybridized carbons (Fsp3) is 0.625. The molecule has 1 amide bonds. The van der Waals surface area contributed by atoms with Crippen LogP contribution in [0.5, 0.6) is 0 Å². The summed E-state index contributed by atoms with van der Waals surface area (Å²) in [6, 6.07) is 1.10. The molecule has 0 bridgehead atoms. The molecule has 0 aliphatic carbocycles. The number of thiazole rings is 1. The van der Waals surface area contributed by atoms with E-state index >= 15 is 0 Å². The third-order valence-corrected chi connectivity index (χ3v) is 4.02. The Kier molecular flexibility index (Phi) is 7.17. The Hall–Kier alpha value is -1.94. The highest BCUT2D eigenvalue weighted by Crippen LogP contribution is 2.21. The van der Waals surface area contributed by atoms with Crippen molar-refractivity contribution in [2.75, 3.05) is 13.7 Å². The lowest BCUT2D eigenvalue weighted by Gasteiger charge is -2.31. The first-order chi connectivity index (χ1) is 10.8. The summed E-state index contributed by atoms with van der Waals surface area (Å²) >= 11 is 1.43. The van der Waals surface area contributed by atoms with Crippen LogP contribution in [0.15, 0.2) is 10.9 Å². The van der Waals surface area contributed by atoms with Gasteiger partial charge in [0.1, 0.15) is 12.5 Å². The first-order valence-corrected chi connectivity index (χ1v) is 8.34. The summed E-state index contributed by atoms with van der Waals surface area (Å²) in [6.45, 7) is 6.59. The number of nitriles is 1. The zero-order valence-corrected chi connectivity index (χ0v) is 14.9. The van der Waals surface area contributed by atoms with Gasteiger partial charge in [-0.2, -0.15) is 5.26 Å². The van der Waals surface area contributed by atoms with Gasteiger partial charge in [0, 0.05) is 18.3 Å². The zero-order chi connectivity index (χ0) is 17.5. The smallest absolute Gasteiger partial charge is 0.328 e. The number of hydrogen-bond donors (Lipinski definition) is 0. The zero-order valence-electron chi connectivity index (χ0n) is 14.0. The molecule has 1 unspecified atom stereocenters. The predicted octanol–water partition coefficient (Wildman–Crippen LogP) is 2.41. The van der Waals surface area contributed by atoms with E-state index in [9.17, 15) is 9.59 Å². The molecule has 0 saturated heterocycles. The van der Waals surface area contributed by atoms with E-state index in [0.717, 1.165) is 5.69 Å². The second kappa shape index (κ2) is 8.63. The lowest BCUT2D eigenvalue weighted by molar-refractivity contribution is -0.152. The second-order valence-electron chi connectivity index (χ2n) is 6.46. The Morgan fingerprint density at radius 1 is 1.48 bits per heavy atom. The summed E-state index contributed by atoms with van der Waals surface area (Å²) in [7, 11) is 1.30. The highest BCUT2D eigenvalue weighted by molar-refractivity contribution is 7.07. The molecule has 1 rings (SSSR count). The van der Waals surface area contributed by atoms with E-state index in [0.29, 0.717) is 13.0 Å². The fourth-order valence-corrected chi connectivity index (χ4v) is 2.64. The Labute approximate surface area is 141 Å². The molecule has 0 fully saturated rings. The summed E-state index contributed by atoms with van der Waals surface area (Å²) in [6.07, 6.45) is 0.751. The maximum Gasteiger partial charge on any atom is 0.328 e. The Balaban J connectivity index is 3.01. The number of ether oxygens (including phenoxy) is 1. The summed E-state index contributed by atoms with van der Waals surface area (Å²) in [5.74, 6) is -0.847. The standard InChI is InChI=1S/C16H23N3O3S/c1-16(2,3)6-8-19(14(20)5-7-17)13(15(21)22-4)9-12-10-23-11-18-12/h10-11,13H,5-6,8-9H2,1-4H3. The molecule has 0 N–H and O–H groups in total. The molecule has 0 aliphatic heterocycles. The Bertz CT molecular complexity index is 558. The van der Waals surface area contributed by atoms with Crippen molar-refractivity contribution in [1.29, 1.82) is 5.26 Å². The molecule has 0 aromatic carbocycles. The van der Waals surface area contributed by atoms with Gasteiger partial charge in [0.2, 0.25) is 5.91 Å². The van der Waals surface area contributed by atoms with Crippen LogP contribution in [0.3, 0.4) is 0 Å². The van der Waals surface area contributed by atoms with Gasteiger partial charge in [-0.15, -0.1) is 11.3 Å². The van der Waals surface area contributed by atoms with Crippen LogP contribution in [0, 0.1) is 16.7 Å². The third kappa shape index (κ3) is 6.37. The average Bonchev–Trinajstić information content (AvgIpc) is 2.97. The van der Waals surface area contributed by atoms with Gasteiger partial charge >= 0.3 is 5.97 Å². The predicted molar refractivity (Wildman–Crippen MR) is 87.6 cm³/mol. The molecule has 1 atom stereocenters. The van der Waals surface area contributed by atoms with Crippen LogP contribution in [0.2, 0.25) is 0 Å². The van der Waals surface area contributed by atoms with Crippen LogP contribution in [0.25, 0.3) is 0 Å². The second-order valence-corrected chi connectivity index (χ2v) is 7.17. The Morgan fingerprint density at radius 2 is 2.17 bits per heavy atom. The lowest BCUT2D eigenvalue weighted by Crippen LogP contribution is -2.48. The minimum Gasteiger partial charge on any atom is -0.467 e. The highest BCUT2D eigenvalue weighted by Gasteiger charge is 2.32. The maximum absolute atomic E-state index is 12.3. The van der Waals surface area contributed by atoms with Gasteiger partial charge < -0.3 is 9.64 Å². The number of nitrogens with zero attached hydrogens (tertiary/aromatic N) is 3. The lowest BCUT2D eigenvalue weighted by atomic mass is 9.91. The first kappa shape index (κ1) is 19.1. The number of amides is 1. The van der Waals surface area contributed by atoms with Crippen LogP contribution in [0.4, 0.5) is 0 Å². The van der Waals surface area contributed by atoms with Crippen molar-refractivity contribution in [3.63, 3.8) is 0 Å². The van der Waals surface area contributed by atoms with E-state index in [1.807, 2.05) is 11.4 Å². The summed E-state index contributed by atoms with van der Waals surface area (Å²) in [4.78, 5) is 30.2. The maximum atomic E-state index is 12.3. The van der Waals surface area contributed by atoms with Crippen molar-refractivity contribution in [2.24, 2.45) is 5.41 Å². The van der Waals surface area contributed by atoms with E-state index in [1.54, 1.807) is 5.51 Å². The molecule has 1 heterocycles. The third-order valence-electron chi connectivity index (χ3n) is 3.39. The van der Waals surface area contributed by atoms with Gasteiger partial charge in [0.15, 0.2) is 0 Å². The summed E-state index contributed by atoms with van der Waals surface area (Å²) in [5, 5.41) is 10.7. The SMILES string of the molecule is COC(=O)C(Cc1cscn1)N(CCC(C)(C)C)C(=O)CC#N. The molecule has 6 nitrogen and oxygen atoms in total. The number of rotatable bonds is 7. The molecule has 1 aromatic rings. The molecular formula is C16H23N3O3S. The number of esters is 1. The van der Waals surface area contributed by atoms with Crippen molar-refractivity contribution in [3.8, 4) is 6.07 Å². The van der Waals surface area contributed by atoms with Gasteiger partial charge in [-0.05, 0) is 11.8 Å². The largest absolute Gasteiger partial charge is 0.467 e. The van der Waals surface area contributed by atoms with Gasteiger partial charge in [-0.3, -0.25) is 4.79 Å². The molecular weight excluding hydrogens is 314 g/mol. The number of hydrogen-bond acceptors (Lipinski definition) is 6. The normalized spacial score (nSPS) is 12.3. The minimum absolute atomic E-state index is 0.00642. The van der Waals surface area contributed by atoms with E-state index in [1.165, 1.54) is 23.3 Å². The van der Waals surface area contributed by atoms with E-state index in [4.69, 9.17) is 10.00 Å². The number of carbonyl (C=O) groups excluding carboxylic acids is 2. The molecule has 0 radical (unpaired) electrons. The van der Waals surface area contributed by atoms with Gasteiger partial charge in [-0.1, -0.05) is 20.8 Å². The fourth-order valence-electron chi connectivity index (χ4n) is 2.07. The molecule has 0 saturated carbocycles. The Morgan fingerprint density at radius 3 is 2.65 bits per heavy atom. The highest BCUT2D eigenvalue weighted by atomic mass is 32.1. The summed E-state index contributed by atoms with van der Waals surface area (Å²) < 4.78 is 4.86. The van der Waals surface area contributed by atoms with Crippen LogP contribution >= 0.6 is 11.3 Å². The topological polar surface area (TPSA) is 83.3 Å². The molecule has 7 heteroatoms. The van der Waals surface area contributed by atoms with Gasteiger partial charge in [-0.25, -0.2) is 9.78 Å². The quantitative estimate of drug-likeness (QED) is 0.713. The van der Waals surface area contributed by atoms with Crippen molar-refractivity contribution >= 4 is 23.2 Å². The van der Waals surface area contributed by atoms with Crippen LogP contribution < -0.4 is 0 Å². The van der Waals surface area contributed by atoms with Crippen LogP contribution in [0.1, 0.15) is 39.3 Å². The van der Waals surface area contributed by atoms with E-state index < -0.39 is 12.0 Å². The van der Waals surface area contributed by atoms with Crippen LogP contribution in [-0.4, -0.2) is 41.5 Å². The van der Waals surface area contributed by atoms with Crippen molar-refractivity contribution in [3.05, 3.63) is 16.6 Å². The molecule has 126 valence electrons. The van der Waals surface area contributed by atoms with Crippen molar-refractivity contribution in [2.45, 2.75) is 46.1 Å². The molecule has 0 aliphatic rings. The number of methoxy groups -OCH3 is 1. The number of carbonyl (C=O) groups is 2. The molecule has 23 heavy (non-hydrogen) atoms. The van der Waals surface area contributed by atoms with E-state index in [-0.39, 0.29) is 24.2 Å². The molecule has 0 spiro atoms. The van der Waals surface area contributed by atoms with Gasteiger partial charge in [0.25, 0.3) is 0 Å². The van der Waals surface area contributed by atoms with E-state index in [2.05, 4.69) is 25.8 Å². The first-order valence-electron chi connectivity index (χ1n) is 7.40. The minimum atomic E-state index is -0.759.